The molecule has 3 atom stereocenters. The van der Waals surface area contributed by atoms with Crippen molar-refractivity contribution < 1.29 is 18.3 Å². The SMILES string of the molecule is C=C1[C@H](n2cnc3c(OC)nc(N)nc32)O[C@@H]2CO[Si](C(C)(C)C)(C(C)(C)C)O[C@@H]12. The Labute approximate surface area is 177 Å². The molecule has 0 amide bonds. The molecule has 30 heavy (non-hydrogen) atoms. The predicted molar refractivity (Wildman–Crippen MR) is 115 cm³/mol. The highest BCUT2D eigenvalue weighted by atomic mass is 28.4. The van der Waals surface area contributed by atoms with Crippen LogP contribution in [0.2, 0.25) is 10.1 Å². The summed E-state index contributed by atoms with van der Waals surface area (Å²) in [6.45, 7) is 17.9. The van der Waals surface area contributed by atoms with Crippen molar-refractivity contribution in [2.75, 3.05) is 19.5 Å². The van der Waals surface area contributed by atoms with Gasteiger partial charge in [-0.3, -0.25) is 4.57 Å². The quantitative estimate of drug-likeness (QED) is 0.568. The maximum atomic E-state index is 6.82. The Hall–Kier alpha value is -2.01. The van der Waals surface area contributed by atoms with Gasteiger partial charge in [-0.1, -0.05) is 48.1 Å². The third kappa shape index (κ3) is 2.96. The first-order chi connectivity index (χ1) is 13.9. The van der Waals surface area contributed by atoms with E-state index in [1.165, 1.54) is 7.11 Å². The number of imidazole rings is 1. The Morgan fingerprint density at radius 1 is 1.20 bits per heavy atom. The number of nitrogens with zero attached hydrogens (tertiary/aromatic N) is 4. The van der Waals surface area contributed by atoms with Crippen molar-refractivity contribution in [2.24, 2.45) is 0 Å². The van der Waals surface area contributed by atoms with Crippen molar-refractivity contribution in [3.63, 3.8) is 0 Å². The molecule has 2 aromatic heterocycles. The van der Waals surface area contributed by atoms with Gasteiger partial charge in [0.05, 0.1) is 20.0 Å². The number of hydrogen-bond acceptors (Lipinski definition) is 8. The number of hydrogen-bond donors (Lipinski definition) is 1. The molecule has 0 saturated carbocycles. The number of anilines is 1. The van der Waals surface area contributed by atoms with Gasteiger partial charge in [0.15, 0.2) is 17.4 Å². The van der Waals surface area contributed by atoms with Crippen LogP contribution in [0.3, 0.4) is 0 Å². The Balaban J connectivity index is 1.72. The van der Waals surface area contributed by atoms with E-state index in [2.05, 4.69) is 63.1 Å². The van der Waals surface area contributed by atoms with Crippen LogP contribution in [0.5, 0.6) is 5.88 Å². The molecule has 0 aliphatic carbocycles. The predicted octanol–water partition coefficient (Wildman–Crippen LogP) is 3.33. The van der Waals surface area contributed by atoms with Gasteiger partial charge in [0.1, 0.15) is 12.2 Å². The molecule has 9 nitrogen and oxygen atoms in total. The summed E-state index contributed by atoms with van der Waals surface area (Å²) in [6.07, 6.45) is 0.657. The topological polar surface area (TPSA) is 107 Å². The number of rotatable bonds is 2. The van der Waals surface area contributed by atoms with Crippen LogP contribution in [-0.4, -0.2) is 54.0 Å². The van der Waals surface area contributed by atoms with Crippen LogP contribution in [-0.2, 0) is 13.6 Å². The lowest BCUT2D eigenvalue weighted by Gasteiger charge is -2.53. The molecule has 0 radical (unpaired) electrons. The van der Waals surface area contributed by atoms with Crippen molar-refractivity contribution in [2.45, 2.75) is 70.1 Å². The summed E-state index contributed by atoms with van der Waals surface area (Å²) in [6, 6.07) is 0. The smallest absolute Gasteiger partial charge is 0.349 e. The summed E-state index contributed by atoms with van der Waals surface area (Å²) in [5.74, 6) is 0.428. The highest BCUT2D eigenvalue weighted by Crippen LogP contribution is 2.56. The maximum Gasteiger partial charge on any atom is 0.349 e. The van der Waals surface area contributed by atoms with Crippen molar-refractivity contribution in [1.29, 1.82) is 0 Å². The minimum absolute atomic E-state index is 0.105. The van der Waals surface area contributed by atoms with Gasteiger partial charge in [0, 0.05) is 15.6 Å². The summed E-state index contributed by atoms with van der Waals surface area (Å²) in [4.78, 5) is 12.8. The second-order valence-corrected chi connectivity index (χ2v) is 14.7. The zero-order valence-electron chi connectivity index (χ0n) is 18.7. The molecule has 0 bridgehead atoms. The fraction of sp³-hybridized carbons (Fsp3) is 0.650. The summed E-state index contributed by atoms with van der Waals surface area (Å²) < 4.78 is 26.8. The first-order valence-corrected chi connectivity index (χ1v) is 11.9. The van der Waals surface area contributed by atoms with E-state index >= 15 is 0 Å². The molecule has 10 heteroatoms. The van der Waals surface area contributed by atoms with E-state index in [0.717, 1.165) is 5.57 Å². The molecule has 2 aliphatic rings. The lowest BCUT2D eigenvalue weighted by atomic mass is 10.1. The molecule has 2 N–H and O–H groups in total. The number of nitrogen functional groups attached to an aromatic ring is 1. The van der Waals surface area contributed by atoms with Gasteiger partial charge in [0.2, 0.25) is 11.8 Å². The largest absolute Gasteiger partial charge is 0.479 e. The molecule has 0 aromatic carbocycles. The van der Waals surface area contributed by atoms with Crippen molar-refractivity contribution in [1.82, 2.24) is 19.5 Å². The van der Waals surface area contributed by atoms with Crippen LogP contribution >= 0.6 is 0 Å². The normalized spacial score (nSPS) is 26.8. The molecule has 4 heterocycles. The minimum Gasteiger partial charge on any atom is -0.479 e. The van der Waals surface area contributed by atoms with Crippen molar-refractivity contribution in [3.8, 4) is 5.88 Å². The number of nitrogens with two attached hydrogens (primary N) is 1. The van der Waals surface area contributed by atoms with Crippen LogP contribution in [0, 0.1) is 0 Å². The third-order valence-corrected chi connectivity index (χ3v) is 11.0. The van der Waals surface area contributed by atoms with Gasteiger partial charge in [-0.15, -0.1) is 0 Å². The number of fused-ring (bicyclic) bond motifs is 2. The molecule has 164 valence electrons. The van der Waals surface area contributed by atoms with Gasteiger partial charge in [-0.2, -0.15) is 9.97 Å². The second kappa shape index (κ2) is 6.74. The average Bonchev–Trinajstić information content (AvgIpc) is 3.19. The number of aromatic nitrogens is 4. The molecule has 2 fully saturated rings. The molecule has 2 aromatic rings. The average molecular weight is 434 g/mol. The van der Waals surface area contributed by atoms with Crippen LogP contribution in [0.25, 0.3) is 11.2 Å². The summed E-state index contributed by atoms with van der Waals surface area (Å²) >= 11 is 0. The molecule has 4 rings (SSSR count). The van der Waals surface area contributed by atoms with E-state index in [9.17, 15) is 0 Å². The third-order valence-electron chi connectivity index (χ3n) is 5.90. The van der Waals surface area contributed by atoms with Gasteiger partial charge >= 0.3 is 8.56 Å². The lowest BCUT2D eigenvalue weighted by Crippen LogP contribution is -2.64. The van der Waals surface area contributed by atoms with E-state index < -0.39 is 14.8 Å². The van der Waals surface area contributed by atoms with Gasteiger partial charge < -0.3 is 24.1 Å². The van der Waals surface area contributed by atoms with Crippen molar-refractivity contribution >= 4 is 25.7 Å². The molecule has 0 spiro atoms. The highest BCUT2D eigenvalue weighted by molar-refractivity contribution is 6.73. The van der Waals surface area contributed by atoms with Gasteiger partial charge in [-0.25, -0.2) is 4.98 Å². The molecule has 0 unspecified atom stereocenters. The van der Waals surface area contributed by atoms with Gasteiger partial charge in [-0.05, 0) is 0 Å². The van der Waals surface area contributed by atoms with E-state index in [0.29, 0.717) is 23.7 Å². The van der Waals surface area contributed by atoms with Crippen LogP contribution in [0.15, 0.2) is 18.5 Å². The first kappa shape index (κ1) is 21.2. The van der Waals surface area contributed by atoms with Crippen LogP contribution in [0.4, 0.5) is 5.95 Å². The fourth-order valence-electron chi connectivity index (χ4n) is 4.77. The maximum absolute atomic E-state index is 6.82. The van der Waals surface area contributed by atoms with E-state index in [4.69, 9.17) is 24.1 Å². The molecular weight excluding hydrogens is 402 g/mol. The Morgan fingerprint density at radius 2 is 1.87 bits per heavy atom. The zero-order valence-corrected chi connectivity index (χ0v) is 19.7. The van der Waals surface area contributed by atoms with Crippen LogP contribution < -0.4 is 10.5 Å². The Morgan fingerprint density at radius 3 is 2.47 bits per heavy atom. The Bertz CT molecular complexity index is 979. The van der Waals surface area contributed by atoms with E-state index in [1.807, 2.05) is 0 Å². The Kier molecular flexibility index (Phi) is 4.77. The van der Waals surface area contributed by atoms with E-state index in [1.54, 1.807) is 10.9 Å². The molecule has 2 saturated heterocycles. The van der Waals surface area contributed by atoms with Gasteiger partial charge in [0.25, 0.3) is 0 Å². The van der Waals surface area contributed by atoms with E-state index in [-0.39, 0.29) is 28.2 Å². The minimum atomic E-state index is -2.64. The lowest BCUT2D eigenvalue weighted by molar-refractivity contribution is -0.0794. The molecule has 2 aliphatic heterocycles. The summed E-state index contributed by atoms with van der Waals surface area (Å²) in [5.41, 5.74) is 7.73. The van der Waals surface area contributed by atoms with Crippen LogP contribution in [0.1, 0.15) is 47.8 Å². The standard InChI is InChI=1S/C20H31N5O4Si/c1-11-14-12(9-27-30(29-14,19(2,3)4)20(5,6)7)28-17(11)25-10-22-13-15(25)23-18(21)24-16(13)26-8/h10,12,14,17H,1,9H2,2-8H3,(H2,21,23,24)/t12-,14+,17-/m1/s1. The zero-order chi connectivity index (χ0) is 22.1. The molecular formula is C20H31N5O4Si. The number of ether oxygens (including phenoxy) is 2. The highest BCUT2D eigenvalue weighted by Gasteiger charge is 2.63. The number of methoxy groups -OCH3 is 1. The fourth-order valence-corrected chi connectivity index (χ4v) is 9.72. The first-order valence-electron chi connectivity index (χ1n) is 10.1. The summed E-state index contributed by atoms with van der Waals surface area (Å²) in [7, 11) is -1.11. The second-order valence-electron chi connectivity index (χ2n) is 9.98. The monoisotopic (exact) mass is 433 g/mol. The summed E-state index contributed by atoms with van der Waals surface area (Å²) in [5, 5.41) is -0.239. The van der Waals surface area contributed by atoms with Crippen molar-refractivity contribution in [3.05, 3.63) is 18.5 Å².